The van der Waals surface area contributed by atoms with Gasteiger partial charge in [0, 0.05) is 37.2 Å². The number of benzene rings is 2. The predicted molar refractivity (Wildman–Crippen MR) is 148 cm³/mol. The fourth-order valence-corrected chi connectivity index (χ4v) is 5.91. The maximum Gasteiger partial charge on any atom is 0.251 e. The number of amides is 2. The third-order valence-corrected chi connectivity index (χ3v) is 8.41. The number of carbonyl (C=O) groups is 2. The molecule has 0 spiro atoms. The summed E-state index contributed by atoms with van der Waals surface area (Å²) in [5.41, 5.74) is 2.81. The molecule has 3 aliphatic rings. The van der Waals surface area contributed by atoms with E-state index in [1.165, 1.54) is 0 Å². The fraction of sp³-hybridized carbons (Fsp3) is 0.500. The molecular formula is C30H39N5O4. The molecule has 2 saturated heterocycles. The number of hydrogen-bond donors (Lipinski definition) is 4. The lowest BCUT2D eigenvalue weighted by Crippen LogP contribution is -2.61. The summed E-state index contributed by atoms with van der Waals surface area (Å²) >= 11 is 0. The first-order chi connectivity index (χ1) is 18.8. The van der Waals surface area contributed by atoms with Crippen LogP contribution in [0.15, 0.2) is 48.5 Å². The lowest BCUT2D eigenvalue weighted by atomic mass is 9.90. The molecule has 39 heavy (non-hydrogen) atoms. The molecule has 5 rings (SSSR count). The summed E-state index contributed by atoms with van der Waals surface area (Å²) in [5, 5.41) is 25.7. The molecule has 0 aromatic heterocycles. The smallest absolute Gasteiger partial charge is 0.251 e. The van der Waals surface area contributed by atoms with Crippen LogP contribution < -0.4 is 10.6 Å². The van der Waals surface area contributed by atoms with E-state index < -0.39 is 23.7 Å². The standard InChI is InChI=1S/C30H39N5O4/c1-3-30(2)19-26(37)35(29(31)33-30)24(11-12-34-13-15-39-16-14-34)21-8-6-9-22(17-21)28(38)32-27-23-10-5-4-7-20(23)18-25(27)36/h4-10,17,24-25,27,36H,3,11-16,18-19H2,1-2H3,(H2,31,33)(H,32,38)/t24?,25-,27-,30?/m1/s1. The van der Waals surface area contributed by atoms with E-state index in [1.807, 2.05) is 56.3 Å². The second-order valence-electron chi connectivity index (χ2n) is 11.1. The number of aliphatic hydroxyl groups excluding tert-OH is 1. The Morgan fingerprint density at radius 1 is 1.23 bits per heavy atom. The minimum absolute atomic E-state index is 0.0874. The molecule has 0 saturated carbocycles. The summed E-state index contributed by atoms with van der Waals surface area (Å²) < 4.78 is 5.49. The minimum atomic E-state index is -0.679. The quantitative estimate of drug-likeness (QED) is 0.415. The summed E-state index contributed by atoms with van der Waals surface area (Å²) in [6, 6.07) is 14.2. The van der Waals surface area contributed by atoms with E-state index in [9.17, 15) is 14.7 Å². The summed E-state index contributed by atoms with van der Waals surface area (Å²) in [6.07, 6.45) is 1.49. The topological polar surface area (TPSA) is 118 Å². The van der Waals surface area contributed by atoms with Gasteiger partial charge in [-0.2, -0.15) is 0 Å². The van der Waals surface area contributed by atoms with Crippen LogP contribution in [0.3, 0.4) is 0 Å². The first kappa shape index (κ1) is 27.3. The van der Waals surface area contributed by atoms with E-state index in [1.54, 1.807) is 11.0 Å². The molecule has 2 unspecified atom stereocenters. The Bertz CT molecular complexity index is 1210. The van der Waals surface area contributed by atoms with Gasteiger partial charge in [-0.1, -0.05) is 43.3 Å². The van der Waals surface area contributed by atoms with Crippen molar-refractivity contribution in [3.63, 3.8) is 0 Å². The van der Waals surface area contributed by atoms with Crippen molar-refractivity contribution in [1.29, 1.82) is 5.41 Å². The van der Waals surface area contributed by atoms with Crippen LogP contribution in [0.1, 0.15) is 72.2 Å². The average Bonchev–Trinajstić information content (AvgIpc) is 3.25. The van der Waals surface area contributed by atoms with E-state index in [0.29, 0.717) is 38.0 Å². The first-order valence-corrected chi connectivity index (χ1v) is 13.9. The number of fused-ring (bicyclic) bond motifs is 1. The molecule has 9 nitrogen and oxygen atoms in total. The average molecular weight is 534 g/mol. The molecule has 2 aromatic carbocycles. The summed E-state index contributed by atoms with van der Waals surface area (Å²) in [4.78, 5) is 30.7. The van der Waals surface area contributed by atoms with Crippen molar-refractivity contribution >= 4 is 17.8 Å². The van der Waals surface area contributed by atoms with Gasteiger partial charge in [0.25, 0.3) is 5.91 Å². The van der Waals surface area contributed by atoms with Crippen molar-refractivity contribution in [2.75, 3.05) is 32.8 Å². The van der Waals surface area contributed by atoms with Gasteiger partial charge < -0.3 is 20.5 Å². The van der Waals surface area contributed by atoms with Gasteiger partial charge in [-0.15, -0.1) is 0 Å². The van der Waals surface area contributed by atoms with Gasteiger partial charge in [0.1, 0.15) is 0 Å². The van der Waals surface area contributed by atoms with Gasteiger partial charge in [-0.05, 0) is 48.6 Å². The second-order valence-corrected chi connectivity index (χ2v) is 11.1. The maximum absolute atomic E-state index is 13.5. The van der Waals surface area contributed by atoms with Crippen molar-refractivity contribution in [3.8, 4) is 0 Å². The number of nitrogens with one attached hydrogen (secondary N) is 3. The predicted octanol–water partition coefficient (Wildman–Crippen LogP) is 2.76. The molecule has 1 aliphatic carbocycles. The van der Waals surface area contributed by atoms with Crippen molar-refractivity contribution in [3.05, 3.63) is 70.8 Å². The maximum atomic E-state index is 13.5. The Labute approximate surface area is 230 Å². The molecule has 0 bridgehead atoms. The number of ether oxygens (including phenoxy) is 1. The van der Waals surface area contributed by atoms with Gasteiger partial charge in [0.2, 0.25) is 5.91 Å². The van der Waals surface area contributed by atoms with Crippen LogP contribution in [0.2, 0.25) is 0 Å². The molecule has 4 atom stereocenters. The third kappa shape index (κ3) is 5.85. The van der Waals surface area contributed by atoms with E-state index in [0.717, 1.165) is 42.7 Å². The lowest BCUT2D eigenvalue weighted by molar-refractivity contribution is -0.132. The number of rotatable bonds is 8. The van der Waals surface area contributed by atoms with Gasteiger partial charge in [-0.25, -0.2) is 0 Å². The minimum Gasteiger partial charge on any atom is -0.390 e. The monoisotopic (exact) mass is 533 g/mol. The Morgan fingerprint density at radius 2 is 2.00 bits per heavy atom. The molecule has 2 aliphatic heterocycles. The number of carbonyl (C=O) groups excluding carboxylic acids is 2. The van der Waals surface area contributed by atoms with Crippen LogP contribution in [-0.2, 0) is 16.0 Å². The van der Waals surface area contributed by atoms with E-state index in [4.69, 9.17) is 10.1 Å². The van der Waals surface area contributed by atoms with E-state index >= 15 is 0 Å². The molecule has 208 valence electrons. The molecule has 2 aromatic rings. The number of guanidine groups is 1. The van der Waals surface area contributed by atoms with Crippen LogP contribution in [0.25, 0.3) is 0 Å². The second kappa shape index (κ2) is 11.5. The van der Waals surface area contributed by atoms with Gasteiger partial charge in [-0.3, -0.25) is 24.8 Å². The van der Waals surface area contributed by atoms with Crippen molar-refractivity contribution < 1.29 is 19.4 Å². The first-order valence-electron chi connectivity index (χ1n) is 13.9. The zero-order valence-corrected chi connectivity index (χ0v) is 22.8. The Balaban J connectivity index is 1.39. The van der Waals surface area contributed by atoms with Crippen LogP contribution in [-0.4, -0.2) is 77.2 Å². The normalized spacial score (nSPS) is 26.2. The highest BCUT2D eigenvalue weighted by Gasteiger charge is 2.40. The van der Waals surface area contributed by atoms with Crippen molar-refractivity contribution in [2.24, 2.45) is 0 Å². The molecule has 4 N–H and O–H groups in total. The van der Waals surface area contributed by atoms with Crippen LogP contribution in [0.5, 0.6) is 0 Å². The molecule has 2 fully saturated rings. The van der Waals surface area contributed by atoms with Gasteiger partial charge in [0.15, 0.2) is 5.96 Å². The zero-order chi connectivity index (χ0) is 27.6. The summed E-state index contributed by atoms with van der Waals surface area (Å²) in [5.74, 6) is -0.264. The molecular weight excluding hydrogens is 494 g/mol. The van der Waals surface area contributed by atoms with Crippen LogP contribution >= 0.6 is 0 Å². The number of nitrogens with zero attached hydrogens (tertiary/aromatic N) is 2. The largest absolute Gasteiger partial charge is 0.390 e. The van der Waals surface area contributed by atoms with Crippen LogP contribution in [0, 0.1) is 5.41 Å². The molecule has 2 amide bonds. The highest BCUT2D eigenvalue weighted by atomic mass is 16.5. The van der Waals surface area contributed by atoms with Crippen molar-refractivity contribution in [2.45, 2.75) is 63.3 Å². The zero-order valence-electron chi connectivity index (χ0n) is 22.8. The SMILES string of the molecule is CCC1(C)CC(=O)N(C(CCN2CCOCC2)c2cccc(C(=O)N[C@@H]3c4ccccc4C[C@H]3O)c2)C(=N)N1. The fourth-order valence-electron chi connectivity index (χ4n) is 5.91. The third-order valence-electron chi connectivity index (χ3n) is 8.41. The highest BCUT2D eigenvalue weighted by Crippen LogP contribution is 2.33. The molecule has 9 heteroatoms. The Kier molecular flexibility index (Phi) is 8.02. The van der Waals surface area contributed by atoms with Gasteiger partial charge in [0.05, 0.1) is 37.8 Å². The molecule has 0 radical (unpaired) electrons. The lowest BCUT2D eigenvalue weighted by Gasteiger charge is -2.44. The summed E-state index contributed by atoms with van der Waals surface area (Å²) in [6.45, 7) is 7.77. The number of morpholine rings is 1. The Morgan fingerprint density at radius 3 is 2.74 bits per heavy atom. The highest BCUT2D eigenvalue weighted by molar-refractivity contribution is 6.00. The summed E-state index contributed by atoms with van der Waals surface area (Å²) in [7, 11) is 0. The number of aliphatic hydroxyl groups is 1. The Hall–Kier alpha value is -3.27. The number of hydrogen-bond acceptors (Lipinski definition) is 6. The molecule has 2 heterocycles. The van der Waals surface area contributed by atoms with E-state index in [-0.39, 0.29) is 17.8 Å². The van der Waals surface area contributed by atoms with Gasteiger partial charge >= 0.3 is 0 Å². The van der Waals surface area contributed by atoms with Crippen LogP contribution in [0.4, 0.5) is 0 Å². The van der Waals surface area contributed by atoms with Crippen molar-refractivity contribution in [1.82, 2.24) is 20.4 Å². The van der Waals surface area contributed by atoms with E-state index in [2.05, 4.69) is 15.5 Å².